The summed E-state index contributed by atoms with van der Waals surface area (Å²) in [4.78, 5) is 75.2. The lowest BCUT2D eigenvalue weighted by Crippen LogP contribution is -2.62. The zero-order valence-electron chi connectivity index (χ0n) is 45.5. The summed E-state index contributed by atoms with van der Waals surface area (Å²) in [5.74, 6) is -2.74. The van der Waals surface area contributed by atoms with Gasteiger partial charge in [-0.3, -0.25) is 33.3 Å². The summed E-state index contributed by atoms with van der Waals surface area (Å²) in [5, 5.41) is 6.23. The molecule has 3 rings (SSSR count). The molecular weight excluding hydrogens is 923 g/mol. The summed E-state index contributed by atoms with van der Waals surface area (Å²) in [7, 11) is 1.96. The zero-order valence-corrected chi connectivity index (χ0v) is 45.5. The molecule has 72 heavy (non-hydrogen) atoms. The number of carbonyl (C=O) groups excluding carboxylic acids is 6. The van der Waals surface area contributed by atoms with Crippen molar-refractivity contribution in [3.8, 4) is 0 Å². The highest BCUT2D eigenvalue weighted by Crippen LogP contribution is 2.33. The Morgan fingerprint density at radius 2 is 0.875 bits per heavy atom. The Kier molecular flexibility index (Phi) is 31.3. The molecule has 0 spiro atoms. The van der Waals surface area contributed by atoms with Crippen LogP contribution in [0.15, 0.2) is 24.3 Å². The largest absolute Gasteiger partial charge is 0.463 e. The van der Waals surface area contributed by atoms with Crippen molar-refractivity contribution in [2.24, 2.45) is 0 Å². The van der Waals surface area contributed by atoms with E-state index in [4.69, 9.17) is 33.2 Å². The molecule has 412 valence electrons. The maximum atomic E-state index is 13.2. The Labute approximate surface area is 432 Å². The van der Waals surface area contributed by atoms with Gasteiger partial charge in [0.2, 0.25) is 11.8 Å². The predicted molar refractivity (Wildman–Crippen MR) is 276 cm³/mol. The molecule has 9 atom stereocenters. The van der Waals surface area contributed by atoms with Crippen LogP contribution in [-0.2, 0) is 61.9 Å². The normalized spacial score (nSPS) is 24.3. The van der Waals surface area contributed by atoms with Crippen LogP contribution < -0.4 is 10.6 Å². The maximum Gasteiger partial charge on any atom is 0.303 e. The molecule has 0 saturated carbocycles. The number of nitrogens with zero attached hydrogens (tertiary/aromatic N) is 1. The number of hydrogen-bond donors (Lipinski definition) is 2. The van der Waals surface area contributed by atoms with E-state index in [0.29, 0.717) is 50.2 Å². The Bertz CT molecular complexity index is 1590. The number of quaternary nitrogens is 1. The summed E-state index contributed by atoms with van der Waals surface area (Å²) in [5.41, 5.74) is 0. The minimum absolute atomic E-state index is 0.0534. The summed E-state index contributed by atoms with van der Waals surface area (Å²) in [6, 6.07) is 0. The number of unbranched alkanes of at least 4 members (excludes halogenated alkanes) is 14. The molecular formula is C56H96N3O13+. The van der Waals surface area contributed by atoms with E-state index >= 15 is 0 Å². The molecule has 6 unspecified atom stereocenters. The fourth-order valence-corrected chi connectivity index (χ4v) is 9.50. The number of esters is 4. The Balaban J connectivity index is 1.50. The smallest absolute Gasteiger partial charge is 0.303 e. The van der Waals surface area contributed by atoms with Crippen LogP contribution >= 0.6 is 0 Å². The van der Waals surface area contributed by atoms with Crippen molar-refractivity contribution in [1.82, 2.24) is 10.6 Å². The van der Waals surface area contributed by atoms with Gasteiger partial charge in [0.05, 0.1) is 44.1 Å². The van der Waals surface area contributed by atoms with Crippen LogP contribution in [0.2, 0.25) is 0 Å². The molecule has 3 fully saturated rings. The summed E-state index contributed by atoms with van der Waals surface area (Å²) >= 11 is 0. The third-order valence-corrected chi connectivity index (χ3v) is 13.8. The van der Waals surface area contributed by atoms with E-state index < -0.39 is 54.4 Å². The monoisotopic (exact) mass is 1020 g/mol. The van der Waals surface area contributed by atoms with Crippen molar-refractivity contribution in [3.63, 3.8) is 0 Å². The molecule has 16 nitrogen and oxygen atoms in total. The van der Waals surface area contributed by atoms with Crippen molar-refractivity contribution in [2.75, 3.05) is 33.5 Å². The number of ether oxygens (including phenoxy) is 7. The average molecular weight is 1020 g/mol. The quantitative estimate of drug-likeness (QED) is 0.0112. The molecule has 2 N–H and O–H groups in total. The lowest BCUT2D eigenvalue weighted by molar-refractivity contribution is -0.913. The van der Waals surface area contributed by atoms with Gasteiger partial charge in [-0.2, -0.15) is 0 Å². The van der Waals surface area contributed by atoms with Gasteiger partial charge >= 0.3 is 23.9 Å². The molecule has 3 heterocycles. The van der Waals surface area contributed by atoms with E-state index in [2.05, 4.69) is 48.8 Å². The molecule has 0 aromatic carbocycles. The van der Waals surface area contributed by atoms with E-state index in [-0.39, 0.29) is 42.7 Å². The summed E-state index contributed by atoms with van der Waals surface area (Å²) in [6.45, 7) is 9.97. The van der Waals surface area contributed by atoms with Crippen molar-refractivity contribution in [3.05, 3.63) is 24.3 Å². The number of rotatable bonds is 41. The fraction of sp³-hybridized carbons (Fsp3) is 0.821. The van der Waals surface area contributed by atoms with Crippen LogP contribution in [0.1, 0.15) is 208 Å². The minimum atomic E-state index is -1.25. The van der Waals surface area contributed by atoms with Gasteiger partial charge in [0.1, 0.15) is 12.7 Å². The third-order valence-electron chi connectivity index (χ3n) is 13.8. The Morgan fingerprint density at radius 3 is 1.33 bits per heavy atom. The first-order valence-electron chi connectivity index (χ1n) is 27.9. The van der Waals surface area contributed by atoms with Crippen molar-refractivity contribution >= 4 is 35.7 Å². The molecule has 3 aliphatic heterocycles. The third kappa shape index (κ3) is 28.0. The first-order chi connectivity index (χ1) is 34.6. The standard InChI is InChI=1S/C56H95N3O13/c1-8-10-24-31-46-48(70-46)33-26-20-16-12-14-18-22-28-36-52(64)57-40-59(7,41-58-53(65)37-29-23-19-15-13-17-21-27-34-49-47(71-49)32-25-11-9-2)38-30-35-50-54(67-43(4)61)56(69-45(6)63)55(68-44(5)62)51(72-50)39-66-42(3)60/h20-21,26-27,46-51,54-56H,8-19,22-25,28-41H2,1-7H3,(H-,57,58,64,65)/p+1/t46?,47?,48?,49?,50-,51?,54?,55-,56+,59?/m0/s1. The second-order valence-corrected chi connectivity index (χ2v) is 20.7. The van der Waals surface area contributed by atoms with Crippen LogP contribution in [0.3, 0.4) is 0 Å². The van der Waals surface area contributed by atoms with Gasteiger partial charge in [-0.1, -0.05) is 115 Å². The SMILES string of the molecule is CCCCCC1OC1CC=CCCCCCCCC(=O)NC[N+](C)(CCC[C@@H]1OC(COC(C)=O)[C@H](OC(C)=O)[C@H](OC(C)=O)C1OC(C)=O)CNC(=O)CCCCCCCC=CCC1OC1CCCCC. The Morgan fingerprint density at radius 1 is 0.458 bits per heavy atom. The van der Waals surface area contributed by atoms with Gasteiger partial charge in [0.15, 0.2) is 31.6 Å². The molecule has 16 heteroatoms. The van der Waals surface area contributed by atoms with E-state index in [9.17, 15) is 28.8 Å². The molecule has 0 radical (unpaired) electrons. The van der Waals surface area contributed by atoms with E-state index in [1.54, 1.807) is 0 Å². The van der Waals surface area contributed by atoms with Gasteiger partial charge in [-0.05, 0) is 77.0 Å². The van der Waals surface area contributed by atoms with Gasteiger partial charge in [-0.25, -0.2) is 0 Å². The number of carbonyl (C=O) groups is 6. The second-order valence-electron chi connectivity index (χ2n) is 20.7. The lowest BCUT2D eigenvalue weighted by Gasteiger charge is -2.44. The van der Waals surface area contributed by atoms with Crippen molar-refractivity contribution in [1.29, 1.82) is 0 Å². The fourth-order valence-electron chi connectivity index (χ4n) is 9.50. The van der Waals surface area contributed by atoms with Crippen LogP contribution in [0.4, 0.5) is 0 Å². The highest BCUT2D eigenvalue weighted by Gasteiger charge is 2.52. The van der Waals surface area contributed by atoms with E-state index in [1.807, 2.05) is 7.05 Å². The van der Waals surface area contributed by atoms with Gasteiger partial charge in [0.25, 0.3) is 0 Å². The maximum absolute atomic E-state index is 13.2. The lowest BCUT2D eigenvalue weighted by atomic mass is 9.91. The van der Waals surface area contributed by atoms with Crippen LogP contribution in [0.25, 0.3) is 0 Å². The average Bonchev–Trinajstić information content (AvgIpc) is 4.26. The number of epoxide rings is 2. The molecule has 0 bridgehead atoms. The molecule has 3 saturated heterocycles. The first kappa shape index (κ1) is 62.4. The molecule has 2 amide bonds. The van der Waals surface area contributed by atoms with E-state index in [0.717, 1.165) is 89.9 Å². The number of nitrogens with one attached hydrogen (secondary N) is 2. The molecule has 0 aromatic heterocycles. The molecule has 0 aliphatic carbocycles. The Hall–Kier alpha value is -3.86. The van der Waals surface area contributed by atoms with Crippen molar-refractivity contribution < 1.29 is 66.4 Å². The van der Waals surface area contributed by atoms with Crippen LogP contribution in [0, 0.1) is 0 Å². The van der Waals surface area contributed by atoms with Gasteiger partial charge in [0, 0.05) is 40.5 Å². The number of hydrogen-bond acceptors (Lipinski definition) is 13. The second kappa shape index (κ2) is 36.1. The van der Waals surface area contributed by atoms with Crippen LogP contribution in [0.5, 0.6) is 0 Å². The molecule has 0 aromatic rings. The molecule has 3 aliphatic rings. The summed E-state index contributed by atoms with van der Waals surface area (Å²) < 4.78 is 40.3. The number of allylic oxidation sites excluding steroid dienone is 2. The summed E-state index contributed by atoms with van der Waals surface area (Å²) in [6.07, 6.45) is 31.0. The minimum Gasteiger partial charge on any atom is -0.463 e. The van der Waals surface area contributed by atoms with E-state index in [1.165, 1.54) is 79.1 Å². The zero-order chi connectivity index (χ0) is 52.6. The van der Waals surface area contributed by atoms with Gasteiger partial charge in [-0.15, -0.1) is 0 Å². The topological polar surface area (TPSA) is 198 Å². The van der Waals surface area contributed by atoms with Crippen molar-refractivity contribution in [2.45, 2.75) is 263 Å². The number of amides is 2. The predicted octanol–water partition coefficient (Wildman–Crippen LogP) is 9.54. The highest BCUT2D eigenvalue weighted by molar-refractivity contribution is 5.76. The first-order valence-corrected chi connectivity index (χ1v) is 27.9. The van der Waals surface area contributed by atoms with Gasteiger partial charge < -0.3 is 43.8 Å². The van der Waals surface area contributed by atoms with Crippen LogP contribution in [-0.4, -0.2) is 129 Å². The highest BCUT2D eigenvalue weighted by atomic mass is 16.7.